The average Bonchev–Trinajstić information content (AvgIpc) is 2.70. The minimum Gasteiger partial charge on any atom is -0.299 e. The van der Waals surface area contributed by atoms with Crippen LogP contribution >= 0.6 is 27.7 Å². The summed E-state index contributed by atoms with van der Waals surface area (Å²) in [5.74, 6) is -0.653. The van der Waals surface area contributed by atoms with E-state index in [1.54, 1.807) is 0 Å². The molecule has 2 saturated heterocycles. The second kappa shape index (κ2) is 4.88. The van der Waals surface area contributed by atoms with Crippen molar-refractivity contribution < 1.29 is 8.78 Å². The quantitative estimate of drug-likeness (QED) is 0.722. The van der Waals surface area contributed by atoms with Crippen LogP contribution in [0.5, 0.6) is 0 Å². The van der Waals surface area contributed by atoms with E-state index in [1.807, 2.05) is 11.8 Å². The largest absolute Gasteiger partial charge is 0.299 e. The molecule has 15 heavy (non-hydrogen) atoms. The molecule has 0 aliphatic carbocycles. The van der Waals surface area contributed by atoms with E-state index in [-0.39, 0.29) is 6.42 Å². The number of rotatable bonds is 2. The van der Waals surface area contributed by atoms with E-state index in [2.05, 4.69) is 20.8 Å². The second-order valence-corrected chi connectivity index (χ2v) is 6.17. The summed E-state index contributed by atoms with van der Waals surface area (Å²) in [5, 5.41) is 0.413. The number of hydrogen-bond acceptors (Lipinski definition) is 2. The minimum absolute atomic E-state index is 0.0322. The van der Waals surface area contributed by atoms with Crippen LogP contribution in [0.2, 0.25) is 0 Å². The first-order valence-electron chi connectivity index (χ1n) is 5.39. The number of alkyl halides is 3. The lowest BCUT2D eigenvalue weighted by Gasteiger charge is -2.40. The molecule has 2 atom stereocenters. The van der Waals surface area contributed by atoms with Gasteiger partial charge < -0.3 is 0 Å². The van der Waals surface area contributed by atoms with Crippen molar-refractivity contribution in [2.75, 3.05) is 29.9 Å². The third-order valence-corrected chi connectivity index (χ3v) is 5.32. The summed E-state index contributed by atoms with van der Waals surface area (Å²) in [6, 6.07) is 0.549. The third kappa shape index (κ3) is 2.67. The molecular weight excluding hydrogens is 284 g/mol. The fourth-order valence-electron chi connectivity index (χ4n) is 2.31. The van der Waals surface area contributed by atoms with Crippen molar-refractivity contribution in [2.24, 2.45) is 5.92 Å². The van der Waals surface area contributed by atoms with Gasteiger partial charge in [-0.3, -0.25) is 4.90 Å². The zero-order chi connectivity index (χ0) is 10.9. The van der Waals surface area contributed by atoms with Crippen LogP contribution in [0.4, 0.5) is 8.78 Å². The lowest BCUT2D eigenvalue weighted by Crippen LogP contribution is -2.51. The molecule has 2 aliphatic rings. The predicted molar refractivity (Wildman–Crippen MR) is 64.2 cm³/mol. The molecule has 0 aromatic heterocycles. The van der Waals surface area contributed by atoms with Crippen molar-refractivity contribution in [3.05, 3.63) is 0 Å². The maximum Gasteiger partial charge on any atom is 0.254 e. The van der Waals surface area contributed by atoms with Gasteiger partial charge in [0.1, 0.15) is 0 Å². The molecule has 2 rings (SSSR count). The van der Waals surface area contributed by atoms with Crippen molar-refractivity contribution in [1.82, 2.24) is 4.90 Å². The Balaban J connectivity index is 1.95. The van der Waals surface area contributed by atoms with Gasteiger partial charge in [0, 0.05) is 42.6 Å². The highest BCUT2D eigenvalue weighted by Crippen LogP contribution is 2.36. The van der Waals surface area contributed by atoms with Gasteiger partial charge >= 0.3 is 0 Å². The van der Waals surface area contributed by atoms with Crippen LogP contribution in [0.25, 0.3) is 0 Å². The van der Waals surface area contributed by atoms with Gasteiger partial charge in [0.2, 0.25) is 0 Å². The van der Waals surface area contributed by atoms with E-state index in [9.17, 15) is 8.78 Å². The number of halogens is 3. The first-order valence-corrected chi connectivity index (χ1v) is 7.66. The molecule has 0 amide bonds. The highest BCUT2D eigenvalue weighted by atomic mass is 79.9. The average molecular weight is 300 g/mol. The van der Waals surface area contributed by atoms with Crippen LogP contribution in [0.15, 0.2) is 0 Å². The molecule has 0 N–H and O–H groups in total. The summed E-state index contributed by atoms with van der Waals surface area (Å²) in [5.41, 5.74) is 0. The molecule has 88 valence electrons. The van der Waals surface area contributed by atoms with Gasteiger partial charge in [-0.25, -0.2) is 8.78 Å². The van der Waals surface area contributed by atoms with Gasteiger partial charge in [-0.2, -0.15) is 11.8 Å². The fourth-order valence-corrected chi connectivity index (χ4v) is 4.24. The van der Waals surface area contributed by atoms with Crippen LogP contribution in [0.1, 0.15) is 12.8 Å². The van der Waals surface area contributed by atoms with Crippen molar-refractivity contribution in [1.29, 1.82) is 0 Å². The van der Waals surface area contributed by atoms with E-state index in [1.165, 1.54) is 12.2 Å². The van der Waals surface area contributed by atoms with E-state index < -0.39 is 11.8 Å². The monoisotopic (exact) mass is 299 g/mol. The molecule has 0 aromatic rings. The molecule has 0 saturated carbocycles. The minimum atomic E-state index is -2.47. The second-order valence-electron chi connectivity index (χ2n) is 4.37. The summed E-state index contributed by atoms with van der Waals surface area (Å²) in [6.45, 7) is 1.13. The number of likely N-dealkylation sites (tertiary alicyclic amines) is 1. The number of nitrogens with zero attached hydrogens (tertiary/aromatic N) is 1. The van der Waals surface area contributed by atoms with Crippen LogP contribution in [-0.4, -0.2) is 46.8 Å². The molecule has 1 nitrogen and oxygen atoms in total. The van der Waals surface area contributed by atoms with Crippen molar-refractivity contribution >= 4 is 27.7 Å². The molecule has 2 fully saturated rings. The van der Waals surface area contributed by atoms with Gasteiger partial charge in [0.15, 0.2) is 0 Å². The Bertz CT molecular complexity index is 221. The topological polar surface area (TPSA) is 3.24 Å². The van der Waals surface area contributed by atoms with E-state index in [4.69, 9.17) is 0 Å². The Morgan fingerprint density at radius 1 is 1.47 bits per heavy atom. The summed E-state index contributed by atoms with van der Waals surface area (Å²) < 4.78 is 26.9. The predicted octanol–water partition coefficient (Wildman–Crippen LogP) is 2.84. The Morgan fingerprint density at radius 2 is 2.27 bits per heavy atom. The molecule has 0 spiro atoms. The molecule has 2 aliphatic heterocycles. The molecule has 0 aromatic carbocycles. The van der Waals surface area contributed by atoms with Gasteiger partial charge in [-0.1, -0.05) is 15.9 Å². The Labute approximate surface area is 102 Å². The lowest BCUT2D eigenvalue weighted by atomic mass is 9.94. The van der Waals surface area contributed by atoms with Crippen molar-refractivity contribution in [3.8, 4) is 0 Å². The molecular formula is C10H16BrF2NS. The normalized spacial score (nSPS) is 37.0. The Morgan fingerprint density at radius 3 is 2.87 bits per heavy atom. The third-order valence-electron chi connectivity index (χ3n) is 3.39. The van der Waals surface area contributed by atoms with Crippen LogP contribution in [0, 0.1) is 5.92 Å². The van der Waals surface area contributed by atoms with Gasteiger partial charge in [-0.15, -0.1) is 0 Å². The standard InChI is InChI=1S/C10H16BrF2NS/c11-5-8-6-14(3-2-10(8,12)13)9-1-4-15-7-9/h8-9H,1-7H2. The smallest absolute Gasteiger partial charge is 0.254 e. The summed E-state index contributed by atoms with van der Waals surface area (Å²) in [4.78, 5) is 2.27. The summed E-state index contributed by atoms with van der Waals surface area (Å²) >= 11 is 5.15. The molecule has 2 unspecified atom stereocenters. The summed E-state index contributed by atoms with van der Waals surface area (Å²) in [6.07, 6.45) is 1.20. The zero-order valence-corrected chi connectivity index (χ0v) is 11.0. The maximum absolute atomic E-state index is 13.5. The fraction of sp³-hybridized carbons (Fsp3) is 1.00. The van der Waals surface area contributed by atoms with Crippen molar-refractivity contribution in [3.63, 3.8) is 0 Å². The first-order chi connectivity index (χ1) is 7.13. The molecule has 5 heteroatoms. The van der Waals surface area contributed by atoms with Gasteiger partial charge in [0.05, 0.1) is 0 Å². The number of thioether (sulfide) groups is 1. The number of hydrogen-bond donors (Lipinski definition) is 0. The van der Waals surface area contributed by atoms with Crippen molar-refractivity contribution in [2.45, 2.75) is 24.8 Å². The molecule has 0 radical (unpaired) electrons. The maximum atomic E-state index is 13.5. The number of piperidine rings is 1. The SMILES string of the molecule is FC1(F)CCN(C2CCSC2)CC1CBr. The summed E-state index contributed by atoms with van der Waals surface area (Å²) in [7, 11) is 0. The molecule has 2 heterocycles. The lowest BCUT2D eigenvalue weighted by molar-refractivity contribution is -0.102. The Hall–Kier alpha value is 0.650. The van der Waals surface area contributed by atoms with Crippen LogP contribution < -0.4 is 0 Å². The van der Waals surface area contributed by atoms with E-state index in [0.29, 0.717) is 24.5 Å². The highest BCUT2D eigenvalue weighted by molar-refractivity contribution is 9.09. The molecule has 0 bridgehead atoms. The van der Waals surface area contributed by atoms with Gasteiger partial charge in [-0.05, 0) is 12.2 Å². The van der Waals surface area contributed by atoms with Crippen LogP contribution in [0.3, 0.4) is 0 Å². The first kappa shape index (κ1) is 12.1. The zero-order valence-electron chi connectivity index (χ0n) is 8.59. The van der Waals surface area contributed by atoms with Gasteiger partial charge in [0.25, 0.3) is 5.92 Å². The highest BCUT2D eigenvalue weighted by Gasteiger charge is 2.44. The Kier molecular flexibility index (Phi) is 3.94. The van der Waals surface area contributed by atoms with E-state index >= 15 is 0 Å². The van der Waals surface area contributed by atoms with Crippen LogP contribution in [-0.2, 0) is 0 Å². The van der Waals surface area contributed by atoms with E-state index in [0.717, 1.165) is 5.75 Å².